The summed E-state index contributed by atoms with van der Waals surface area (Å²) in [6.07, 6.45) is 0.512. The molecule has 0 aromatic carbocycles. The maximum absolute atomic E-state index is 12.9. The van der Waals surface area contributed by atoms with Crippen molar-refractivity contribution in [3.05, 3.63) is 11.5 Å². The maximum atomic E-state index is 12.9. The van der Waals surface area contributed by atoms with Crippen LogP contribution in [0.15, 0.2) is 11.5 Å². The minimum atomic E-state index is -5.02. The molecule has 0 N–H and O–H groups in total. The van der Waals surface area contributed by atoms with Crippen LogP contribution >= 0.6 is 0 Å². The minimum absolute atomic E-state index is 0. The fraction of sp³-hybridized carbons (Fsp3) is 0.750. The third-order valence-corrected chi connectivity index (χ3v) is 2.90. The summed E-state index contributed by atoms with van der Waals surface area (Å²) < 4.78 is 43.9. The molecule has 1 aliphatic heterocycles. The fourth-order valence-corrected chi connectivity index (χ4v) is 2.16. The van der Waals surface area contributed by atoms with Gasteiger partial charge in [-0.15, -0.1) is 5.47 Å². The normalized spacial score (nSPS) is 19.0. The molecule has 0 spiro atoms. The zero-order valence-electron chi connectivity index (χ0n) is 13.0. The van der Waals surface area contributed by atoms with Gasteiger partial charge in [-0.05, 0) is 26.2 Å². The Hall–Kier alpha value is 0.501. The molecular formula is C12H20BF3KNO2. The van der Waals surface area contributed by atoms with Crippen LogP contribution in [0, 0.1) is 5.41 Å². The zero-order chi connectivity index (χ0) is 15.1. The summed E-state index contributed by atoms with van der Waals surface area (Å²) in [5, 5.41) is 0. The van der Waals surface area contributed by atoms with Gasteiger partial charge in [-0.3, -0.25) is 0 Å². The van der Waals surface area contributed by atoms with Crippen LogP contribution in [-0.2, 0) is 4.74 Å². The summed E-state index contributed by atoms with van der Waals surface area (Å²) in [4.78, 5) is 13.2. The smallest absolute Gasteiger partial charge is 0.445 e. The van der Waals surface area contributed by atoms with E-state index in [1.54, 1.807) is 20.8 Å². The first-order chi connectivity index (χ1) is 8.33. The molecule has 8 heteroatoms. The van der Waals surface area contributed by atoms with Crippen LogP contribution in [0.4, 0.5) is 17.7 Å². The van der Waals surface area contributed by atoms with Gasteiger partial charge in [0.25, 0.3) is 0 Å². The van der Waals surface area contributed by atoms with Crippen molar-refractivity contribution in [3.8, 4) is 0 Å². The monoisotopic (exact) mass is 317 g/mol. The number of amides is 1. The summed E-state index contributed by atoms with van der Waals surface area (Å²) in [5.74, 6) is 0. The van der Waals surface area contributed by atoms with Gasteiger partial charge in [0.2, 0.25) is 0 Å². The van der Waals surface area contributed by atoms with Crippen molar-refractivity contribution < 1.29 is 73.9 Å². The Morgan fingerprint density at radius 2 is 1.85 bits per heavy atom. The van der Waals surface area contributed by atoms with Gasteiger partial charge < -0.3 is 22.6 Å². The molecule has 0 aromatic rings. The van der Waals surface area contributed by atoms with Crippen molar-refractivity contribution in [2.45, 2.75) is 40.2 Å². The van der Waals surface area contributed by atoms with E-state index >= 15 is 0 Å². The Morgan fingerprint density at radius 3 is 2.20 bits per heavy atom. The Balaban J connectivity index is 0.00000361. The van der Waals surface area contributed by atoms with Gasteiger partial charge >= 0.3 is 64.5 Å². The van der Waals surface area contributed by atoms with E-state index < -0.39 is 29.6 Å². The molecule has 0 saturated carbocycles. The predicted molar refractivity (Wildman–Crippen MR) is 68.7 cm³/mol. The molecule has 0 unspecified atom stereocenters. The van der Waals surface area contributed by atoms with Gasteiger partial charge in [0, 0.05) is 13.1 Å². The third-order valence-electron chi connectivity index (χ3n) is 2.90. The van der Waals surface area contributed by atoms with Gasteiger partial charge in [0.15, 0.2) is 0 Å². The number of carbonyl (C=O) groups is 1. The van der Waals surface area contributed by atoms with E-state index in [0.29, 0.717) is 0 Å². The Kier molecular flexibility index (Phi) is 6.90. The van der Waals surface area contributed by atoms with Crippen molar-refractivity contribution in [3.63, 3.8) is 0 Å². The molecule has 0 aliphatic carbocycles. The van der Waals surface area contributed by atoms with E-state index in [2.05, 4.69) is 0 Å². The Labute approximate surface area is 160 Å². The molecule has 1 heterocycles. The summed E-state index contributed by atoms with van der Waals surface area (Å²) in [5.41, 5.74) is -2.28. The van der Waals surface area contributed by atoms with Crippen LogP contribution in [0.25, 0.3) is 0 Å². The van der Waals surface area contributed by atoms with Crippen LogP contribution < -0.4 is 51.4 Å². The standard InChI is InChI=1S/C12H20BF3NO2.K/c1-11(2,3)19-10(18)17-7-6-9(13(14,15)16)12(4,5)8-17;/h6H,7-8H2,1-5H3;/q-1;+1. The topological polar surface area (TPSA) is 29.5 Å². The number of ether oxygens (including phenoxy) is 1. The summed E-state index contributed by atoms with van der Waals surface area (Å²) in [6, 6.07) is 0. The van der Waals surface area contributed by atoms with Gasteiger partial charge in [-0.2, -0.15) is 0 Å². The van der Waals surface area contributed by atoms with E-state index in [1.165, 1.54) is 18.7 Å². The first-order valence-electron chi connectivity index (χ1n) is 6.21. The second-order valence-electron chi connectivity index (χ2n) is 6.48. The molecule has 3 nitrogen and oxygen atoms in total. The number of carbonyl (C=O) groups excluding carboxylic acids is 1. The molecule has 0 radical (unpaired) electrons. The number of hydrogen-bond donors (Lipinski definition) is 0. The van der Waals surface area contributed by atoms with Crippen molar-refractivity contribution in [1.82, 2.24) is 4.90 Å². The number of nitrogens with zero attached hydrogens (tertiary/aromatic N) is 1. The molecule has 0 aromatic heterocycles. The quantitative estimate of drug-likeness (QED) is 0.662. The van der Waals surface area contributed by atoms with E-state index in [-0.39, 0.29) is 64.5 Å². The molecule has 1 rings (SSSR count). The molecule has 0 saturated heterocycles. The third kappa shape index (κ3) is 5.71. The molecule has 0 bridgehead atoms. The molecule has 1 amide bonds. The van der Waals surface area contributed by atoms with Crippen LogP contribution in [-0.4, -0.2) is 36.7 Å². The van der Waals surface area contributed by atoms with E-state index in [4.69, 9.17) is 4.74 Å². The average Bonchev–Trinajstić information content (AvgIpc) is 2.10. The van der Waals surface area contributed by atoms with Crippen molar-refractivity contribution in [2.24, 2.45) is 5.41 Å². The molecule has 20 heavy (non-hydrogen) atoms. The van der Waals surface area contributed by atoms with Gasteiger partial charge in [0.1, 0.15) is 5.60 Å². The molecule has 0 fully saturated rings. The summed E-state index contributed by atoms with van der Waals surface area (Å²) in [6.45, 7) is 3.08. The molecular weight excluding hydrogens is 297 g/mol. The molecule has 1 aliphatic rings. The fourth-order valence-electron chi connectivity index (χ4n) is 2.16. The van der Waals surface area contributed by atoms with Crippen LogP contribution in [0.3, 0.4) is 0 Å². The van der Waals surface area contributed by atoms with E-state index in [9.17, 15) is 17.7 Å². The van der Waals surface area contributed by atoms with Crippen molar-refractivity contribution in [1.29, 1.82) is 0 Å². The van der Waals surface area contributed by atoms with Gasteiger partial charge in [-0.25, -0.2) is 4.79 Å². The van der Waals surface area contributed by atoms with Crippen LogP contribution in [0.5, 0.6) is 0 Å². The number of rotatable bonds is 1. The molecule has 0 atom stereocenters. The van der Waals surface area contributed by atoms with E-state index in [1.807, 2.05) is 0 Å². The zero-order valence-corrected chi connectivity index (χ0v) is 16.1. The number of halogens is 3. The van der Waals surface area contributed by atoms with Crippen molar-refractivity contribution in [2.75, 3.05) is 13.1 Å². The van der Waals surface area contributed by atoms with Crippen LogP contribution in [0.2, 0.25) is 0 Å². The SMILES string of the molecule is CC(C)(C)OC(=O)N1CC=C([B-](F)(F)F)C(C)(C)C1.[K+]. The summed E-state index contributed by atoms with van der Waals surface area (Å²) in [7, 11) is 0. The van der Waals surface area contributed by atoms with E-state index in [0.717, 1.165) is 6.08 Å². The van der Waals surface area contributed by atoms with Crippen molar-refractivity contribution >= 4 is 13.1 Å². The Bertz CT molecular complexity index is 402. The first kappa shape index (κ1) is 20.5. The minimum Gasteiger partial charge on any atom is -0.445 e. The summed E-state index contributed by atoms with van der Waals surface area (Å²) >= 11 is 0. The largest absolute Gasteiger partial charge is 1.00 e. The van der Waals surface area contributed by atoms with Gasteiger partial charge in [0.05, 0.1) is 0 Å². The van der Waals surface area contributed by atoms with Gasteiger partial charge in [-0.1, -0.05) is 19.9 Å². The Morgan fingerprint density at radius 1 is 1.35 bits per heavy atom. The maximum Gasteiger partial charge on any atom is 1.00 e. The second-order valence-corrected chi connectivity index (χ2v) is 6.48. The first-order valence-corrected chi connectivity index (χ1v) is 6.21. The average molecular weight is 317 g/mol. The predicted octanol–water partition coefficient (Wildman–Crippen LogP) is 0.580. The number of hydrogen-bond acceptors (Lipinski definition) is 2. The second kappa shape index (κ2) is 6.73. The molecule has 110 valence electrons. The van der Waals surface area contributed by atoms with Crippen LogP contribution in [0.1, 0.15) is 34.6 Å².